The van der Waals surface area contributed by atoms with E-state index in [0.717, 1.165) is 52.2 Å². The highest BCUT2D eigenvalue weighted by molar-refractivity contribution is 5.74. The van der Waals surface area contributed by atoms with Crippen LogP contribution in [0.3, 0.4) is 0 Å². The SMILES string of the molecule is CC(=O)N1Cc2ccccc2C2(CCN(CC3CCCCO3)CC2)C1. The van der Waals surface area contributed by atoms with Gasteiger partial charge in [0, 0.05) is 38.6 Å². The molecule has 4 nitrogen and oxygen atoms in total. The number of ether oxygens (including phenoxy) is 1. The molecule has 0 aromatic heterocycles. The van der Waals surface area contributed by atoms with Gasteiger partial charge < -0.3 is 14.5 Å². The van der Waals surface area contributed by atoms with Crippen LogP contribution in [0.5, 0.6) is 0 Å². The second-order valence-electron chi connectivity index (χ2n) is 8.10. The van der Waals surface area contributed by atoms with Gasteiger partial charge in [0.25, 0.3) is 0 Å². The summed E-state index contributed by atoms with van der Waals surface area (Å²) < 4.78 is 5.93. The van der Waals surface area contributed by atoms with E-state index in [9.17, 15) is 4.79 Å². The molecular weight excluding hydrogens is 312 g/mol. The fourth-order valence-corrected chi connectivity index (χ4v) is 4.94. The molecule has 0 N–H and O–H groups in total. The Morgan fingerprint density at radius 2 is 2.04 bits per heavy atom. The van der Waals surface area contributed by atoms with E-state index in [1.807, 2.05) is 4.90 Å². The quantitative estimate of drug-likeness (QED) is 0.828. The molecule has 0 aliphatic carbocycles. The van der Waals surface area contributed by atoms with Crippen LogP contribution in [-0.2, 0) is 21.5 Å². The molecule has 1 unspecified atom stereocenters. The van der Waals surface area contributed by atoms with Crippen molar-refractivity contribution >= 4 is 5.91 Å². The van der Waals surface area contributed by atoms with Crippen molar-refractivity contribution in [1.29, 1.82) is 0 Å². The monoisotopic (exact) mass is 342 g/mol. The maximum absolute atomic E-state index is 12.1. The van der Waals surface area contributed by atoms with Gasteiger partial charge in [0.2, 0.25) is 5.91 Å². The van der Waals surface area contributed by atoms with Crippen molar-refractivity contribution in [2.75, 3.05) is 32.8 Å². The van der Waals surface area contributed by atoms with Gasteiger partial charge >= 0.3 is 0 Å². The molecule has 3 heterocycles. The number of benzene rings is 1. The molecule has 0 bridgehead atoms. The van der Waals surface area contributed by atoms with Gasteiger partial charge in [-0.2, -0.15) is 0 Å². The second-order valence-corrected chi connectivity index (χ2v) is 8.10. The minimum Gasteiger partial charge on any atom is -0.377 e. The highest BCUT2D eigenvalue weighted by Gasteiger charge is 2.42. The van der Waals surface area contributed by atoms with Gasteiger partial charge in [0.15, 0.2) is 0 Å². The summed E-state index contributed by atoms with van der Waals surface area (Å²) in [6, 6.07) is 8.76. The largest absolute Gasteiger partial charge is 0.377 e. The van der Waals surface area contributed by atoms with Gasteiger partial charge in [-0.3, -0.25) is 4.79 Å². The van der Waals surface area contributed by atoms with Gasteiger partial charge in [-0.15, -0.1) is 0 Å². The third kappa shape index (κ3) is 3.47. The topological polar surface area (TPSA) is 32.8 Å². The summed E-state index contributed by atoms with van der Waals surface area (Å²) in [5, 5.41) is 0. The zero-order chi connectivity index (χ0) is 17.3. The van der Waals surface area contributed by atoms with Crippen LogP contribution < -0.4 is 0 Å². The van der Waals surface area contributed by atoms with Crippen LogP contribution in [0.2, 0.25) is 0 Å². The van der Waals surface area contributed by atoms with Crippen molar-refractivity contribution in [3.05, 3.63) is 35.4 Å². The van der Waals surface area contributed by atoms with E-state index in [1.54, 1.807) is 6.92 Å². The third-order valence-electron chi connectivity index (χ3n) is 6.44. The molecule has 1 atom stereocenters. The first-order valence-electron chi connectivity index (χ1n) is 9.84. The first kappa shape index (κ1) is 17.0. The molecule has 1 amide bonds. The molecule has 1 spiro atoms. The number of fused-ring (bicyclic) bond motifs is 2. The van der Waals surface area contributed by atoms with Crippen LogP contribution in [0.25, 0.3) is 0 Å². The number of carbonyl (C=O) groups is 1. The number of amides is 1. The molecule has 136 valence electrons. The van der Waals surface area contributed by atoms with E-state index in [2.05, 4.69) is 29.2 Å². The number of likely N-dealkylation sites (tertiary alicyclic amines) is 1. The van der Waals surface area contributed by atoms with Gasteiger partial charge in [0.1, 0.15) is 0 Å². The number of piperidine rings is 1. The third-order valence-corrected chi connectivity index (χ3v) is 6.44. The van der Waals surface area contributed by atoms with Crippen LogP contribution in [0.15, 0.2) is 24.3 Å². The lowest BCUT2D eigenvalue weighted by molar-refractivity contribution is -0.131. The molecule has 4 rings (SSSR count). The van der Waals surface area contributed by atoms with Crippen molar-refractivity contribution in [2.45, 2.75) is 57.1 Å². The highest BCUT2D eigenvalue weighted by Crippen LogP contribution is 2.41. The van der Waals surface area contributed by atoms with E-state index in [-0.39, 0.29) is 11.3 Å². The predicted molar refractivity (Wildman–Crippen MR) is 98.5 cm³/mol. The average molecular weight is 342 g/mol. The maximum Gasteiger partial charge on any atom is 0.219 e. The van der Waals surface area contributed by atoms with Crippen LogP contribution >= 0.6 is 0 Å². The lowest BCUT2D eigenvalue weighted by Crippen LogP contribution is -2.53. The molecular formula is C21H30N2O2. The van der Waals surface area contributed by atoms with Gasteiger partial charge in [-0.25, -0.2) is 0 Å². The van der Waals surface area contributed by atoms with Crippen molar-refractivity contribution in [3.8, 4) is 0 Å². The molecule has 2 fully saturated rings. The standard InChI is InChI=1S/C21H30N2O2/c1-17(24)23-14-18-6-2-3-8-20(18)21(16-23)9-11-22(12-10-21)15-19-7-4-5-13-25-19/h2-3,6,8,19H,4-5,7,9-16H2,1H3. The summed E-state index contributed by atoms with van der Waals surface area (Å²) in [5.41, 5.74) is 2.97. The molecule has 3 aliphatic rings. The van der Waals surface area contributed by atoms with E-state index < -0.39 is 0 Å². The number of rotatable bonds is 2. The Morgan fingerprint density at radius 3 is 2.76 bits per heavy atom. The molecule has 0 saturated carbocycles. The summed E-state index contributed by atoms with van der Waals surface area (Å²) >= 11 is 0. The number of hydrogen-bond donors (Lipinski definition) is 0. The molecule has 25 heavy (non-hydrogen) atoms. The number of hydrogen-bond acceptors (Lipinski definition) is 3. The Balaban J connectivity index is 1.47. The molecule has 2 saturated heterocycles. The smallest absolute Gasteiger partial charge is 0.219 e. The van der Waals surface area contributed by atoms with Gasteiger partial charge in [-0.1, -0.05) is 24.3 Å². The molecule has 3 aliphatic heterocycles. The zero-order valence-electron chi connectivity index (χ0n) is 15.4. The Bertz CT molecular complexity index is 616. The lowest BCUT2D eigenvalue weighted by Gasteiger charge is -2.49. The lowest BCUT2D eigenvalue weighted by atomic mass is 9.68. The Hall–Kier alpha value is -1.39. The first-order chi connectivity index (χ1) is 12.2. The Labute approximate surface area is 151 Å². The fourth-order valence-electron chi connectivity index (χ4n) is 4.94. The minimum atomic E-state index is 0.143. The van der Waals surface area contributed by atoms with Crippen molar-refractivity contribution in [1.82, 2.24) is 9.80 Å². The van der Waals surface area contributed by atoms with Gasteiger partial charge in [0.05, 0.1) is 6.10 Å². The summed E-state index contributed by atoms with van der Waals surface area (Å²) in [5.74, 6) is 0.201. The predicted octanol–water partition coefficient (Wildman–Crippen LogP) is 2.95. The van der Waals surface area contributed by atoms with E-state index in [0.29, 0.717) is 6.10 Å². The summed E-state index contributed by atoms with van der Waals surface area (Å²) in [6.07, 6.45) is 6.44. The summed E-state index contributed by atoms with van der Waals surface area (Å²) in [7, 11) is 0. The first-order valence-corrected chi connectivity index (χ1v) is 9.84. The molecule has 4 heteroatoms. The van der Waals surface area contributed by atoms with E-state index in [4.69, 9.17) is 4.74 Å². The van der Waals surface area contributed by atoms with Crippen LogP contribution in [0.1, 0.15) is 50.2 Å². The maximum atomic E-state index is 12.1. The van der Waals surface area contributed by atoms with Crippen LogP contribution in [0.4, 0.5) is 0 Å². The molecule has 1 aromatic rings. The summed E-state index contributed by atoms with van der Waals surface area (Å²) in [6.45, 7) is 7.59. The second kappa shape index (κ2) is 7.08. The highest BCUT2D eigenvalue weighted by atomic mass is 16.5. The zero-order valence-corrected chi connectivity index (χ0v) is 15.4. The van der Waals surface area contributed by atoms with Crippen LogP contribution in [-0.4, -0.2) is 54.6 Å². The normalized spacial score (nSPS) is 26.4. The summed E-state index contributed by atoms with van der Waals surface area (Å²) in [4.78, 5) is 16.7. The van der Waals surface area contributed by atoms with E-state index in [1.165, 1.54) is 30.4 Å². The number of carbonyl (C=O) groups excluding carboxylic acids is 1. The number of nitrogens with zero attached hydrogens (tertiary/aromatic N) is 2. The van der Waals surface area contributed by atoms with Crippen molar-refractivity contribution in [3.63, 3.8) is 0 Å². The van der Waals surface area contributed by atoms with Crippen LogP contribution in [0, 0.1) is 0 Å². The van der Waals surface area contributed by atoms with Crippen molar-refractivity contribution < 1.29 is 9.53 Å². The minimum absolute atomic E-state index is 0.143. The Morgan fingerprint density at radius 1 is 1.24 bits per heavy atom. The van der Waals surface area contributed by atoms with Crippen molar-refractivity contribution in [2.24, 2.45) is 0 Å². The van der Waals surface area contributed by atoms with Gasteiger partial charge in [-0.05, 0) is 56.3 Å². The molecule has 0 radical (unpaired) electrons. The average Bonchev–Trinajstić information content (AvgIpc) is 2.64. The Kier molecular flexibility index (Phi) is 4.83. The van der Waals surface area contributed by atoms with E-state index >= 15 is 0 Å². The fraction of sp³-hybridized carbons (Fsp3) is 0.667. The molecule has 1 aromatic carbocycles.